The van der Waals surface area contributed by atoms with Crippen molar-refractivity contribution in [3.63, 3.8) is 0 Å². The number of carbonyl (C=O) groups is 2. The van der Waals surface area contributed by atoms with Gasteiger partial charge in [-0.3, -0.25) is 9.59 Å². The third-order valence-electron chi connectivity index (χ3n) is 5.97. The summed E-state index contributed by atoms with van der Waals surface area (Å²) < 4.78 is 146. The first kappa shape index (κ1) is 31.6. The van der Waals surface area contributed by atoms with Crippen molar-refractivity contribution in [2.75, 3.05) is 13.1 Å². The fourth-order valence-electron chi connectivity index (χ4n) is 3.91. The molecule has 2 N–H and O–H groups in total. The van der Waals surface area contributed by atoms with Crippen LogP contribution >= 0.6 is 0 Å². The molecule has 0 unspecified atom stereocenters. The Morgan fingerprint density at radius 2 is 1.63 bits per heavy atom. The highest BCUT2D eigenvalue weighted by molar-refractivity contribution is 6.03. The predicted molar refractivity (Wildman–Crippen MR) is 119 cm³/mol. The van der Waals surface area contributed by atoms with Gasteiger partial charge in [0, 0.05) is 17.5 Å². The first-order chi connectivity index (χ1) is 18.7. The Balaban J connectivity index is 1.84. The summed E-state index contributed by atoms with van der Waals surface area (Å²) in [5, 5.41) is 7.01. The first-order valence-electron chi connectivity index (χ1n) is 11.4. The van der Waals surface area contributed by atoms with Crippen LogP contribution in [0.5, 0.6) is 0 Å². The van der Waals surface area contributed by atoms with Crippen LogP contribution < -0.4 is 10.6 Å². The van der Waals surface area contributed by atoms with Gasteiger partial charge in [-0.2, -0.15) is 39.5 Å². The van der Waals surface area contributed by atoms with Crippen molar-refractivity contribution in [1.29, 1.82) is 0 Å². The first-order valence-corrected chi connectivity index (χ1v) is 11.4. The van der Waals surface area contributed by atoms with E-state index in [-0.39, 0.29) is 34.5 Å². The highest BCUT2D eigenvalue weighted by Gasteiger charge is 2.62. The molecule has 17 heteroatoms. The van der Waals surface area contributed by atoms with Gasteiger partial charge in [-0.05, 0) is 48.7 Å². The zero-order valence-electron chi connectivity index (χ0n) is 20.5. The highest BCUT2D eigenvalue weighted by Crippen LogP contribution is 2.50. The van der Waals surface area contributed by atoms with Crippen LogP contribution in [0.2, 0.25) is 0 Å². The molecule has 1 aliphatic rings. The summed E-state index contributed by atoms with van der Waals surface area (Å²) in [6, 6.07) is 3.18. The van der Waals surface area contributed by atoms with Gasteiger partial charge in [0.15, 0.2) is 11.6 Å². The maximum absolute atomic E-state index is 14.4. The second kappa shape index (κ2) is 11.2. The molecule has 0 saturated carbocycles. The molecule has 0 aromatic heterocycles. The quantitative estimate of drug-likeness (QED) is 0.417. The van der Waals surface area contributed by atoms with Crippen LogP contribution in [-0.4, -0.2) is 43.0 Å². The molecule has 0 spiro atoms. The second-order valence-corrected chi connectivity index (χ2v) is 8.88. The normalized spacial score (nSPS) is 17.9. The van der Waals surface area contributed by atoms with Crippen molar-refractivity contribution >= 4 is 17.5 Å². The minimum absolute atomic E-state index is 0.0548. The number of hydrogen-bond donors (Lipinski definition) is 2. The second-order valence-electron chi connectivity index (χ2n) is 8.88. The molecule has 6 nitrogen and oxygen atoms in total. The number of nitrogens with zero attached hydrogens (tertiary/aromatic N) is 1. The lowest BCUT2D eigenvalue weighted by atomic mass is 9.84. The number of hydrogen-bond acceptors (Lipinski definition) is 4. The molecule has 0 fully saturated rings. The Labute approximate surface area is 223 Å². The van der Waals surface area contributed by atoms with E-state index in [4.69, 9.17) is 0 Å². The van der Waals surface area contributed by atoms with Gasteiger partial charge in [-0.1, -0.05) is 11.2 Å². The van der Waals surface area contributed by atoms with Crippen molar-refractivity contribution in [2.45, 2.75) is 43.9 Å². The van der Waals surface area contributed by atoms with Crippen molar-refractivity contribution in [2.24, 2.45) is 5.16 Å². The van der Waals surface area contributed by atoms with Crippen molar-refractivity contribution in [3.05, 3.63) is 69.8 Å². The topological polar surface area (TPSA) is 79.8 Å². The molecule has 1 aliphatic heterocycles. The van der Waals surface area contributed by atoms with Gasteiger partial charge >= 0.3 is 18.5 Å². The summed E-state index contributed by atoms with van der Waals surface area (Å²) in [7, 11) is 0. The molecular weight excluding hydrogens is 587 g/mol. The molecule has 3 rings (SSSR count). The van der Waals surface area contributed by atoms with Gasteiger partial charge < -0.3 is 15.5 Å². The molecule has 41 heavy (non-hydrogen) atoms. The standard InChI is InChI=1S/C24H18F11N3O3/c1-11-6-12(2-3-14(11)20(40)36-9-18(39)37-10-22(27,28)29)17-4-5-21(41-38-17,24(33,34)35)15-7-13(23(30,31)32)8-16(25)19(15)26/h2-3,6-8H,4-5,9-10H2,1H3,(H,36,40)(H,37,39)/t21-/m0/s1. The lowest BCUT2D eigenvalue weighted by Crippen LogP contribution is -2.47. The largest absolute Gasteiger partial charge is 0.435 e. The van der Waals surface area contributed by atoms with E-state index < -0.39 is 84.6 Å². The lowest BCUT2D eigenvalue weighted by Gasteiger charge is -2.37. The summed E-state index contributed by atoms with van der Waals surface area (Å²) in [6.07, 6.45) is -17.3. The molecule has 224 valence electrons. The van der Waals surface area contributed by atoms with Gasteiger partial charge in [0.25, 0.3) is 11.5 Å². The number of halogens is 11. The van der Waals surface area contributed by atoms with Crippen LogP contribution in [0.15, 0.2) is 35.5 Å². The van der Waals surface area contributed by atoms with E-state index in [2.05, 4.69) is 15.3 Å². The molecule has 2 aromatic rings. The minimum Gasteiger partial charge on any atom is -0.374 e. The van der Waals surface area contributed by atoms with E-state index in [1.807, 2.05) is 0 Å². The number of aryl methyl sites for hydroxylation is 1. The zero-order chi connectivity index (χ0) is 31.0. The fraction of sp³-hybridized carbons (Fsp3) is 0.375. The molecule has 2 amide bonds. The number of oxime groups is 1. The van der Waals surface area contributed by atoms with Crippen LogP contribution in [-0.2, 0) is 21.4 Å². The summed E-state index contributed by atoms with van der Waals surface area (Å²) in [5.74, 6) is -6.34. The van der Waals surface area contributed by atoms with Gasteiger partial charge in [-0.15, -0.1) is 0 Å². The van der Waals surface area contributed by atoms with Crippen molar-refractivity contribution in [3.8, 4) is 0 Å². The summed E-state index contributed by atoms with van der Waals surface area (Å²) in [6.45, 7) is -1.01. The number of rotatable bonds is 6. The number of carbonyl (C=O) groups excluding carboxylic acids is 2. The third kappa shape index (κ3) is 7.05. The maximum atomic E-state index is 14.4. The van der Waals surface area contributed by atoms with Crippen LogP contribution in [0, 0.1) is 18.6 Å². The van der Waals surface area contributed by atoms with Crippen LogP contribution in [0.4, 0.5) is 48.3 Å². The predicted octanol–water partition coefficient (Wildman–Crippen LogP) is 5.67. The summed E-state index contributed by atoms with van der Waals surface area (Å²) in [5.41, 5.74) is -7.27. The number of nitrogens with one attached hydrogen (secondary N) is 2. The molecule has 2 aromatic carbocycles. The SMILES string of the molecule is Cc1cc(C2=NO[C@@](c3cc(C(F)(F)F)cc(F)c3F)(C(F)(F)F)CC2)ccc1C(=O)NCC(=O)NCC(F)(F)F. The molecule has 0 radical (unpaired) electrons. The fourth-order valence-corrected chi connectivity index (χ4v) is 3.91. The van der Waals surface area contributed by atoms with Gasteiger partial charge in [0.2, 0.25) is 5.91 Å². The monoisotopic (exact) mass is 605 g/mol. The number of benzene rings is 2. The smallest absolute Gasteiger partial charge is 0.374 e. The van der Waals surface area contributed by atoms with Crippen LogP contribution in [0.3, 0.4) is 0 Å². The molecular formula is C24H18F11N3O3. The summed E-state index contributed by atoms with van der Waals surface area (Å²) in [4.78, 5) is 28.4. The van der Waals surface area contributed by atoms with Crippen molar-refractivity contribution in [1.82, 2.24) is 10.6 Å². The van der Waals surface area contributed by atoms with Gasteiger partial charge in [-0.25, -0.2) is 8.78 Å². The number of alkyl halides is 9. The van der Waals surface area contributed by atoms with E-state index >= 15 is 0 Å². The Bertz CT molecular complexity index is 1370. The van der Waals surface area contributed by atoms with Crippen LogP contribution in [0.25, 0.3) is 0 Å². The van der Waals surface area contributed by atoms with Gasteiger partial charge in [0.05, 0.1) is 17.8 Å². The zero-order valence-corrected chi connectivity index (χ0v) is 20.5. The van der Waals surface area contributed by atoms with Gasteiger partial charge in [0.1, 0.15) is 6.54 Å². The Morgan fingerprint density at radius 3 is 2.15 bits per heavy atom. The highest BCUT2D eigenvalue weighted by atomic mass is 19.4. The third-order valence-corrected chi connectivity index (χ3v) is 5.97. The van der Waals surface area contributed by atoms with E-state index in [0.717, 1.165) is 0 Å². The molecule has 0 bridgehead atoms. The molecule has 1 heterocycles. The average Bonchev–Trinajstić information content (AvgIpc) is 2.85. The average molecular weight is 605 g/mol. The molecule has 0 aliphatic carbocycles. The van der Waals surface area contributed by atoms with E-state index in [0.29, 0.717) is 0 Å². The molecule has 0 saturated heterocycles. The minimum atomic E-state index is -5.52. The van der Waals surface area contributed by atoms with E-state index in [9.17, 15) is 57.9 Å². The Morgan fingerprint density at radius 1 is 0.976 bits per heavy atom. The van der Waals surface area contributed by atoms with E-state index in [1.54, 1.807) is 5.32 Å². The Hall–Kier alpha value is -3.92. The number of amides is 2. The van der Waals surface area contributed by atoms with E-state index in [1.165, 1.54) is 25.1 Å². The lowest BCUT2D eigenvalue weighted by molar-refractivity contribution is -0.292. The molecule has 1 atom stereocenters. The van der Waals surface area contributed by atoms with Crippen molar-refractivity contribution < 1.29 is 62.7 Å². The van der Waals surface area contributed by atoms with Crippen LogP contribution in [0.1, 0.15) is 45.5 Å². The Kier molecular flexibility index (Phi) is 8.60. The maximum Gasteiger partial charge on any atom is 0.435 e. The summed E-state index contributed by atoms with van der Waals surface area (Å²) >= 11 is 0.